The van der Waals surface area contributed by atoms with Gasteiger partial charge in [-0.2, -0.15) is 5.26 Å². The minimum atomic E-state index is -0.375. The van der Waals surface area contributed by atoms with Crippen molar-refractivity contribution in [3.63, 3.8) is 0 Å². The zero-order valence-corrected chi connectivity index (χ0v) is 10.9. The fourth-order valence-electron chi connectivity index (χ4n) is 1.88. The number of carbonyl (C=O) groups is 2. The Morgan fingerprint density at radius 3 is 2.83 bits per heavy atom. The predicted molar refractivity (Wildman–Crippen MR) is 66.4 cm³/mol. The highest BCUT2D eigenvalue weighted by molar-refractivity contribution is 5.86. The highest BCUT2D eigenvalue weighted by atomic mass is 16.2. The number of piperazine rings is 1. The first kappa shape index (κ1) is 14.5. The summed E-state index contributed by atoms with van der Waals surface area (Å²) in [6, 6.07) is 1.68. The van der Waals surface area contributed by atoms with Crippen LogP contribution in [-0.2, 0) is 9.59 Å². The van der Waals surface area contributed by atoms with E-state index in [2.05, 4.69) is 16.7 Å². The van der Waals surface area contributed by atoms with Crippen molar-refractivity contribution in [2.45, 2.75) is 26.3 Å². The van der Waals surface area contributed by atoms with E-state index in [0.29, 0.717) is 32.0 Å². The Kier molecular flexibility index (Phi) is 5.59. The van der Waals surface area contributed by atoms with Gasteiger partial charge < -0.3 is 10.2 Å². The minimum absolute atomic E-state index is 0.0426. The zero-order valence-electron chi connectivity index (χ0n) is 10.9. The highest BCUT2D eigenvalue weighted by Crippen LogP contribution is 2.04. The third kappa shape index (κ3) is 4.34. The maximum absolute atomic E-state index is 12.2. The molecule has 0 aliphatic carbocycles. The molecule has 1 atom stereocenters. The fourth-order valence-corrected chi connectivity index (χ4v) is 1.88. The van der Waals surface area contributed by atoms with Crippen LogP contribution >= 0.6 is 0 Å². The third-order valence-corrected chi connectivity index (χ3v) is 2.70. The van der Waals surface area contributed by atoms with Crippen LogP contribution in [0.3, 0.4) is 0 Å². The van der Waals surface area contributed by atoms with Crippen molar-refractivity contribution in [3.05, 3.63) is 0 Å². The summed E-state index contributed by atoms with van der Waals surface area (Å²) in [7, 11) is 0. The first-order chi connectivity index (χ1) is 8.54. The second-order valence-corrected chi connectivity index (χ2v) is 4.82. The van der Waals surface area contributed by atoms with Gasteiger partial charge in [0, 0.05) is 19.6 Å². The number of nitrogens with one attached hydrogen (secondary N) is 2. The van der Waals surface area contributed by atoms with Gasteiger partial charge in [0.1, 0.15) is 6.04 Å². The number of hydrogen-bond donors (Lipinski definition) is 2. The van der Waals surface area contributed by atoms with E-state index in [1.807, 2.05) is 13.8 Å². The van der Waals surface area contributed by atoms with Crippen LogP contribution < -0.4 is 10.6 Å². The number of nitriles is 1. The molecule has 1 unspecified atom stereocenters. The van der Waals surface area contributed by atoms with Gasteiger partial charge in [-0.3, -0.25) is 14.9 Å². The van der Waals surface area contributed by atoms with Crippen LogP contribution in [0.4, 0.5) is 0 Å². The topological polar surface area (TPSA) is 85.2 Å². The molecule has 0 aromatic heterocycles. The van der Waals surface area contributed by atoms with Crippen LogP contribution in [-0.4, -0.2) is 48.9 Å². The molecule has 0 saturated carbocycles. The molecular formula is C12H20N4O2. The minimum Gasteiger partial charge on any atom is -0.353 e. The average Bonchev–Trinajstić information content (AvgIpc) is 2.34. The Bertz CT molecular complexity index is 338. The molecule has 2 N–H and O–H groups in total. The molecule has 18 heavy (non-hydrogen) atoms. The molecule has 0 radical (unpaired) electrons. The smallest absolute Gasteiger partial charge is 0.241 e. The lowest BCUT2D eigenvalue weighted by Gasteiger charge is -2.30. The maximum atomic E-state index is 12.2. The molecular weight excluding hydrogens is 232 g/mol. The average molecular weight is 252 g/mol. The number of amides is 2. The first-order valence-electron chi connectivity index (χ1n) is 6.20. The van der Waals surface area contributed by atoms with Crippen LogP contribution in [0.2, 0.25) is 0 Å². The summed E-state index contributed by atoms with van der Waals surface area (Å²) in [6.45, 7) is 5.63. The standard InChI is InChI=1S/C12H20N4O2/c1-9(2)8-16(5-3-4-13)12(18)10-6-15-11(17)7-14-10/h9-10,14H,3,5-8H2,1-2H3,(H,15,17). The van der Waals surface area contributed by atoms with Crippen LogP contribution in [0.5, 0.6) is 0 Å². The molecule has 1 rings (SSSR count). The van der Waals surface area contributed by atoms with Crippen LogP contribution in [0.25, 0.3) is 0 Å². The van der Waals surface area contributed by atoms with Crippen molar-refractivity contribution in [2.24, 2.45) is 5.92 Å². The molecule has 0 aromatic carbocycles. The van der Waals surface area contributed by atoms with E-state index in [-0.39, 0.29) is 24.4 Å². The molecule has 1 heterocycles. The van der Waals surface area contributed by atoms with Crippen molar-refractivity contribution in [1.82, 2.24) is 15.5 Å². The molecule has 1 saturated heterocycles. The van der Waals surface area contributed by atoms with E-state index in [9.17, 15) is 9.59 Å². The SMILES string of the molecule is CC(C)CN(CCC#N)C(=O)C1CNC(=O)CN1. The van der Waals surface area contributed by atoms with Crippen molar-refractivity contribution in [3.8, 4) is 6.07 Å². The molecule has 6 nitrogen and oxygen atoms in total. The van der Waals surface area contributed by atoms with Gasteiger partial charge in [-0.25, -0.2) is 0 Å². The Morgan fingerprint density at radius 1 is 1.61 bits per heavy atom. The Hall–Kier alpha value is -1.61. The van der Waals surface area contributed by atoms with Gasteiger partial charge in [-0.15, -0.1) is 0 Å². The summed E-state index contributed by atoms with van der Waals surface area (Å²) in [4.78, 5) is 25.0. The second kappa shape index (κ2) is 6.97. The van der Waals surface area contributed by atoms with Gasteiger partial charge in [-0.1, -0.05) is 13.8 Å². The maximum Gasteiger partial charge on any atom is 0.241 e. The van der Waals surface area contributed by atoms with Gasteiger partial charge in [0.05, 0.1) is 19.0 Å². The summed E-state index contributed by atoms with van der Waals surface area (Å²) in [5.41, 5.74) is 0. The third-order valence-electron chi connectivity index (χ3n) is 2.70. The van der Waals surface area contributed by atoms with Gasteiger partial charge >= 0.3 is 0 Å². The zero-order chi connectivity index (χ0) is 13.5. The monoisotopic (exact) mass is 252 g/mol. The van der Waals surface area contributed by atoms with Crippen LogP contribution in [0.15, 0.2) is 0 Å². The van der Waals surface area contributed by atoms with Crippen LogP contribution in [0.1, 0.15) is 20.3 Å². The van der Waals surface area contributed by atoms with Crippen LogP contribution in [0, 0.1) is 17.2 Å². The van der Waals surface area contributed by atoms with E-state index in [1.54, 1.807) is 4.90 Å². The van der Waals surface area contributed by atoms with Gasteiger partial charge in [-0.05, 0) is 5.92 Å². The predicted octanol–water partition coefficient (Wildman–Crippen LogP) is -0.527. The van der Waals surface area contributed by atoms with E-state index in [4.69, 9.17) is 5.26 Å². The van der Waals surface area contributed by atoms with E-state index in [1.165, 1.54) is 0 Å². The lowest BCUT2D eigenvalue weighted by atomic mass is 10.1. The molecule has 1 aliphatic rings. The molecule has 0 aromatic rings. The molecule has 0 spiro atoms. The molecule has 6 heteroatoms. The number of hydrogen-bond acceptors (Lipinski definition) is 4. The van der Waals surface area contributed by atoms with Gasteiger partial charge in [0.2, 0.25) is 11.8 Å². The van der Waals surface area contributed by atoms with E-state index in [0.717, 1.165) is 0 Å². The molecule has 2 amide bonds. The lowest BCUT2D eigenvalue weighted by Crippen LogP contribution is -2.59. The first-order valence-corrected chi connectivity index (χ1v) is 6.20. The summed E-state index contributed by atoms with van der Waals surface area (Å²) in [5.74, 6) is 0.219. The van der Waals surface area contributed by atoms with Crippen molar-refractivity contribution in [2.75, 3.05) is 26.2 Å². The quantitative estimate of drug-likeness (QED) is 0.689. The van der Waals surface area contributed by atoms with Crippen molar-refractivity contribution in [1.29, 1.82) is 5.26 Å². The second-order valence-electron chi connectivity index (χ2n) is 4.82. The van der Waals surface area contributed by atoms with Crippen molar-refractivity contribution < 1.29 is 9.59 Å². The fraction of sp³-hybridized carbons (Fsp3) is 0.750. The normalized spacial score (nSPS) is 19.2. The van der Waals surface area contributed by atoms with Gasteiger partial charge in [0.25, 0.3) is 0 Å². The number of rotatable bonds is 5. The molecule has 1 fully saturated rings. The number of carbonyl (C=O) groups excluding carboxylic acids is 2. The Balaban J connectivity index is 2.57. The molecule has 1 aliphatic heterocycles. The summed E-state index contributed by atoms with van der Waals surface area (Å²) < 4.78 is 0. The highest BCUT2D eigenvalue weighted by Gasteiger charge is 2.27. The lowest BCUT2D eigenvalue weighted by molar-refractivity contribution is -0.135. The van der Waals surface area contributed by atoms with Crippen molar-refractivity contribution >= 4 is 11.8 Å². The van der Waals surface area contributed by atoms with Gasteiger partial charge in [0.15, 0.2) is 0 Å². The summed E-state index contributed by atoms with van der Waals surface area (Å²) in [6.07, 6.45) is 0.331. The Labute approximate surface area is 107 Å². The van der Waals surface area contributed by atoms with E-state index >= 15 is 0 Å². The van der Waals surface area contributed by atoms with E-state index < -0.39 is 0 Å². The Morgan fingerprint density at radius 2 is 2.33 bits per heavy atom. The molecule has 0 bridgehead atoms. The molecule has 100 valence electrons. The number of nitrogens with zero attached hydrogens (tertiary/aromatic N) is 2. The summed E-state index contributed by atoms with van der Waals surface area (Å²) >= 11 is 0. The summed E-state index contributed by atoms with van der Waals surface area (Å²) in [5, 5.41) is 14.2. The largest absolute Gasteiger partial charge is 0.353 e.